The van der Waals surface area contributed by atoms with Gasteiger partial charge >= 0.3 is 5.97 Å². The van der Waals surface area contributed by atoms with Crippen LogP contribution in [0.3, 0.4) is 0 Å². The van der Waals surface area contributed by atoms with Crippen molar-refractivity contribution in [3.63, 3.8) is 0 Å². The number of hydrogen-bond acceptors (Lipinski definition) is 9. The summed E-state index contributed by atoms with van der Waals surface area (Å²) < 4.78 is 40.2. The number of pyridine rings is 1. The predicted octanol–water partition coefficient (Wildman–Crippen LogP) is 6.55. The maximum atomic E-state index is 14.8. The molecule has 5 aliphatic rings. The van der Waals surface area contributed by atoms with E-state index in [9.17, 15) is 27.6 Å². The molecule has 4 heterocycles. The zero-order valence-electron chi connectivity index (χ0n) is 31.7. The van der Waals surface area contributed by atoms with Crippen LogP contribution in [0.4, 0.5) is 0 Å². The maximum Gasteiger partial charge on any atom is 0.306 e. The molecule has 3 aliphatic heterocycles. The van der Waals surface area contributed by atoms with Crippen molar-refractivity contribution < 1.29 is 37.1 Å². The number of hydrogen-bond donors (Lipinski definition) is 1. The van der Waals surface area contributed by atoms with Crippen LogP contribution in [-0.4, -0.2) is 71.4 Å². The summed E-state index contributed by atoms with van der Waals surface area (Å²) in [6.45, 7) is 7.79. The Labute approximate surface area is 323 Å². The summed E-state index contributed by atoms with van der Waals surface area (Å²) in [5, 5.41) is 1.48. The van der Waals surface area contributed by atoms with Gasteiger partial charge in [-0.3, -0.25) is 23.9 Å². The van der Waals surface area contributed by atoms with E-state index in [2.05, 4.69) is 4.72 Å². The van der Waals surface area contributed by atoms with Crippen LogP contribution in [-0.2, 0) is 40.4 Å². The van der Waals surface area contributed by atoms with E-state index in [1.165, 1.54) is 0 Å². The fourth-order valence-electron chi connectivity index (χ4n) is 8.65. The molecule has 3 fully saturated rings. The third-order valence-electron chi connectivity index (χ3n) is 12.4. The normalized spacial score (nSPS) is 30.0. The van der Waals surface area contributed by atoms with E-state index in [1.807, 2.05) is 45.1 Å². The van der Waals surface area contributed by atoms with E-state index in [0.29, 0.717) is 55.0 Å². The highest BCUT2D eigenvalue weighted by Crippen LogP contribution is 2.58. The molecule has 1 saturated heterocycles. The van der Waals surface area contributed by atoms with Crippen LogP contribution in [0.15, 0.2) is 30.4 Å². The first-order valence-corrected chi connectivity index (χ1v) is 21.4. The number of nitrogens with one attached hydrogen (secondary N) is 1. The van der Waals surface area contributed by atoms with Crippen molar-refractivity contribution in [3.05, 3.63) is 46.6 Å². The Morgan fingerprint density at radius 1 is 1.13 bits per heavy atom. The van der Waals surface area contributed by atoms with Gasteiger partial charge in [0.1, 0.15) is 11.4 Å². The number of amides is 2. The number of aromatic nitrogens is 1. The minimum atomic E-state index is -3.94. The minimum absolute atomic E-state index is 0.0968. The molecule has 2 amide bonds. The highest BCUT2D eigenvalue weighted by Gasteiger charge is 2.63. The molecule has 1 spiro atoms. The summed E-state index contributed by atoms with van der Waals surface area (Å²) in [4.78, 5) is 63.0. The Bertz CT molecular complexity index is 2010. The van der Waals surface area contributed by atoms with Crippen molar-refractivity contribution in [1.82, 2.24) is 14.6 Å². The first-order chi connectivity index (χ1) is 25.6. The van der Waals surface area contributed by atoms with Crippen molar-refractivity contribution >= 4 is 56.1 Å². The number of allylic oxidation sites excluding steroid dienone is 2. The monoisotopic (exact) mass is 781 g/mol. The van der Waals surface area contributed by atoms with E-state index in [0.717, 1.165) is 42.1 Å². The summed E-state index contributed by atoms with van der Waals surface area (Å²) >= 11 is 6.39. The number of benzene rings is 1. The van der Waals surface area contributed by atoms with Gasteiger partial charge in [-0.05, 0) is 95.2 Å². The molecule has 0 bridgehead atoms. The Hall–Kier alpha value is -3.51. The van der Waals surface area contributed by atoms with Gasteiger partial charge in [0.15, 0.2) is 5.78 Å². The lowest BCUT2D eigenvalue weighted by molar-refractivity contribution is -0.151. The molecule has 2 aromatic rings. The number of ether oxygens (including phenoxy) is 2. The van der Waals surface area contributed by atoms with Crippen molar-refractivity contribution in [2.45, 2.75) is 128 Å². The Balaban J connectivity index is 1.23. The zero-order valence-corrected chi connectivity index (χ0v) is 33.3. The summed E-state index contributed by atoms with van der Waals surface area (Å²) in [5.41, 5.74) is 0.321. The molecule has 2 saturated carbocycles. The minimum Gasteiger partial charge on any atom is -0.483 e. The van der Waals surface area contributed by atoms with Crippen LogP contribution in [0.1, 0.15) is 109 Å². The molecule has 1 unspecified atom stereocenters. The molecule has 1 N–H and O–H groups in total. The van der Waals surface area contributed by atoms with Crippen LogP contribution in [0.5, 0.6) is 5.75 Å². The van der Waals surface area contributed by atoms with Crippen LogP contribution in [0.2, 0.25) is 5.02 Å². The van der Waals surface area contributed by atoms with Gasteiger partial charge in [0, 0.05) is 34.7 Å². The number of nitrogens with zero attached hydrogens (tertiary/aromatic N) is 2. The van der Waals surface area contributed by atoms with Crippen LogP contribution in [0.25, 0.3) is 10.9 Å². The molecule has 54 heavy (non-hydrogen) atoms. The smallest absolute Gasteiger partial charge is 0.306 e. The summed E-state index contributed by atoms with van der Waals surface area (Å²) in [5.74, 6) is -1.96. The van der Waals surface area contributed by atoms with Crippen molar-refractivity contribution in [2.75, 3.05) is 13.2 Å². The third kappa shape index (κ3) is 7.53. The lowest BCUT2D eigenvalue weighted by Crippen LogP contribution is -2.48. The van der Waals surface area contributed by atoms with E-state index in [-0.39, 0.29) is 55.9 Å². The van der Waals surface area contributed by atoms with Gasteiger partial charge in [0.2, 0.25) is 21.8 Å². The molecule has 5 atom stereocenters. The molecule has 7 rings (SSSR count). The van der Waals surface area contributed by atoms with Gasteiger partial charge in [-0.15, -0.1) is 0 Å². The first-order valence-electron chi connectivity index (χ1n) is 19.6. The lowest BCUT2D eigenvalue weighted by atomic mass is 9.85. The number of Topliss-reactive ketones (excluding diaryl/α,β-unsaturated/α-hetero) is 1. The van der Waals surface area contributed by atoms with Crippen molar-refractivity contribution in [3.8, 4) is 5.75 Å². The van der Waals surface area contributed by atoms with Gasteiger partial charge in [0.05, 0.1) is 47.0 Å². The molecule has 1 aromatic heterocycles. The topological polar surface area (TPSA) is 149 Å². The van der Waals surface area contributed by atoms with E-state index in [1.54, 1.807) is 17.9 Å². The Morgan fingerprint density at radius 2 is 1.91 bits per heavy atom. The molecule has 0 radical (unpaired) electrons. The first kappa shape index (κ1) is 38.8. The summed E-state index contributed by atoms with van der Waals surface area (Å²) in [7, 11) is -3.94. The van der Waals surface area contributed by atoms with Gasteiger partial charge in [-0.2, -0.15) is 0 Å². The second-order valence-electron chi connectivity index (χ2n) is 17.2. The fraction of sp³-hybridized carbons (Fsp3) is 0.634. The fourth-order valence-corrected chi connectivity index (χ4v) is 10.2. The number of rotatable bonds is 7. The number of sulfonamides is 1. The highest BCUT2D eigenvalue weighted by atomic mass is 35.5. The third-order valence-corrected chi connectivity index (χ3v) is 14.8. The number of ketones is 1. The van der Waals surface area contributed by atoms with Gasteiger partial charge in [-0.1, -0.05) is 50.4 Å². The van der Waals surface area contributed by atoms with Gasteiger partial charge in [-0.25, -0.2) is 13.4 Å². The molecule has 1 aromatic carbocycles. The summed E-state index contributed by atoms with van der Waals surface area (Å²) in [6.07, 6.45) is 9.89. The highest BCUT2D eigenvalue weighted by molar-refractivity contribution is 7.91. The zero-order chi connectivity index (χ0) is 38.6. The Morgan fingerprint density at radius 3 is 2.65 bits per heavy atom. The second kappa shape index (κ2) is 14.5. The number of carbonyl (C=O) groups is 4. The molecule has 13 heteroatoms. The van der Waals surface area contributed by atoms with Crippen LogP contribution >= 0.6 is 11.6 Å². The van der Waals surface area contributed by atoms with E-state index >= 15 is 0 Å². The number of aryl methyl sites for hydroxylation is 2. The number of esters is 1. The molecule has 292 valence electrons. The van der Waals surface area contributed by atoms with E-state index < -0.39 is 49.6 Å². The molecule has 2 aliphatic carbocycles. The standard InChI is InChI=1S/C41H52ClN3O8S/c1-25(2)23-52-35(47)18-27-10-8-6-5-7-9-11-28-20-41(28,38(49)44-54(50,51)39(4)16-17-39)22-34(46)33-21-40(24-45(33)37(27)48)15-14-30-31-19-29(42)12-13-32(31)43-26(3)36(30)53-40/h9,11-13,19,25,27-28,33H,5-8,10,14-18,20-24H2,1-4H3,(H,44,49)/b11-9-/t27?,28-,33+,40-,41-/m1/s1. The van der Waals surface area contributed by atoms with Gasteiger partial charge in [0.25, 0.3) is 0 Å². The number of fused-ring (bicyclic) bond motifs is 5. The maximum absolute atomic E-state index is 14.8. The largest absolute Gasteiger partial charge is 0.483 e. The predicted molar refractivity (Wildman–Crippen MR) is 204 cm³/mol. The van der Waals surface area contributed by atoms with Gasteiger partial charge < -0.3 is 14.4 Å². The molecular weight excluding hydrogens is 730 g/mol. The lowest BCUT2D eigenvalue weighted by Gasteiger charge is -2.36. The SMILES string of the molecule is Cc1nc2ccc(Cl)cc2c2c1O[C@]1(CC2)C[C@H]2C(=O)C[C@]3(C(=O)NS(=O)(=O)C4(C)CC4)C[C@H]3/C=C\CCCCCC(CC(=O)OCC(C)C)C(=O)N2C1. The number of carbonyl (C=O) groups excluding carboxylic acids is 4. The number of halogens is 1. The average molecular weight is 782 g/mol. The molecular formula is C41H52ClN3O8S. The van der Waals surface area contributed by atoms with Crippen LogP contribution < -0.4 is 9.46 Å². The molecule has 11 nitrogen and oxygen atoms in total. The van der Waals surface area contributed by atoms with Crippen molar-refractivity contribution in [2.24, 2.45) is 23.2 Å². The van der Waals surface area contributed by atoms with Crippen molar-refractivity contribution in [1.29, 1.82) is 0 Å². The summed E-state index contributed by atoms with van der Waals surface area (Å²) in [6, 6.07) is 4.63. The Kier molecular flexibility index (Phi) is 10.4. The quantitative estimate of drug-likeness (QED) is 0.244. The van der Waals surface area contributed by atoms with E-state index in [4.69, 9.17) is 26.1 Å². The van der Waals surface area contributed by atoms with Crippen LogP contribution in [0, 0.1) is 30.1 Å². The average Bonchev–Trinajstić information content (AvgIpc) is 4.01. The second-order valence-corrected chi connectivity index (χ2v) is 19.8.